The summed E-state index contributed by atoms with van der Waals surface area (Å²) in [5, 5.41) is 2.09. The third-order valence-electron chi connectivity index (χ3n) is 2.62. The zero-order valence-electron chi connectivity index (χ0n) is 10.1. The van der Waals surface area contributed by atoms with Gasteiger partial charge >= 0.3 is 0 Å². The molecule has 0 amide bonds. The molecule has 0 aliphatic carbocycles. The lowest BCUT2D eigenvalue weighted by atomic mass is 10.1. The summed E-state index contributed by atoms with van der Waals surface area (Å²) >= 11 is 5.30. The van der Waals surface area contributed by atoms with Crippen molar-refractivity contribution in [1.82, 2.24) is 0 Å². The Hall–Kier alpha value is -0.840. The average molecular weight is 326 g/mol. The number of halogens is 1. The van der Waals surface area contributed by atoms with Crippen molar-refractivity contribution >= 4 is 27.3 Å². The molecule has 0 aliphatic rings. The van der Waals surface area contributed by atoms with E-state index < -0.39 is 0 Å². The summed E-state index contributed by atoms with van der Waals surface area (Å²) in [6.07, 6.45) is 1.85. The van der Waals surface area contributed by atoms with E-state index in [9.17, 15) is 0 Å². The van der Waals surface area contributed by atoms with Crippen molar-refractivity contribution in [3.05, 3.63) is 50.6 Å². The van der Waals surface area contributed by atoms with E-state index in [0.29, 0.717) is 13.2 Å². The van der Waals surface area contributed by atoms with Gasteiger partial charge in [-0.2, -0.15) is 0 Å². The number of ether oxygens (including phenoxy) is 1. The lowest BCUT2D eigenvalue weighted by molar-refractivity contribution is 0.321. The predicted molar refractivity (Wildman–Crippen MR) is 80.4 cm³/mol. The van der Waals surface area contributed by atoms with Gasteiger partial charge in [0.05, 0.1) is 11.1 Å². The first-order chi connectivity index (χ1) is 8.79. The molecule has 0 atom stereocenters. The third kappa shape index (κ3) is 3.83. The number of nitrogens with two attached hydrogens (primary N) is 1. The van der Waals surface area contributed by atoms with E-state index in [1.165, 1.54) is 10.4 Å². The van der Waals surface area contributed by atoms with E-state index in [1.54, 1.807) is 11.3 Å². The van der Waals surface area contributed by atoms with Gasteiger partial charge in [0.15, 0.2) is 0 Å². The van der Waals surface area contributed by atoms with Crippen molar-refractivity contribution in [1.29, 1.82) is 0 Å². The fourth-order valence-electron chi connectivity index (χ4n) is 1.70. The highest BCUT2D eigenvalue weighted by atomic mass is 79.9. The lowest BCUT2D eigenvalue weighted by Crippen LogP contribution is -2.04. The van der Waals surface area contributed by atoms with Crippen LogP contribution in [-0.4, -0.2) is 13.2 Å². The van der Waals surface area contributed by atoms with Crippen LogP contribution in [0.1, 0.15) is 10.4 Å². The van der Waals surface area contributed by atoms with Crippen LogP contribution in [0.15, 0.2) is 40.2 Å². The Labute approximate surface area is 120 Å². The minimum absolute atomic E-state index is 0.672. The number of rotatable bonds is 6. The Balaban J connectivity index is 1.89. The monoisotopic (exact) mass is 325 g/mol. The first kappa shape index (κ1) is 13.6. The summed E-state index contributed by atoms with van der Waals surface area (Å²) < 4.78 is 6.77. The van der Waals surface area contributed by atoms with E-state index >= 15 is 0 Å². The molecular weight excluding hydrogens is 310 g/mol. The summed E-state index contributed by atoms with van der Waals surface area (Å²) in [6.45, 7) is 1.38. The molecule has 2 nitrogen and oxygen atoms in total. The largest absolute Gasteiger partial charge is 0.492 e. The molecule has 96 valence electrons. The molecule has 2 N–H and O–H groups in total. The van der Waals surface area contributed by atoms with Crippen molar-refractivity contribution in [3.8, 4) is 5.75 Å². The lowest BCUT2D eigenvalue weighted by Gasteiger charge is -2.09. The quantitative estimate of drug-likeness (QED) is 0.880. The molecular formula is C14H16BrNOS. The molecule has 0 aliphatic heterocycles. The second kappa shape index (κ2) is 6.92. The topological polar surface area (TPSA) is 35.2 Å². The van der Waals surface area contributed by atoms with E-state index in [0.717, 1.165) is 23.1 Å². The van der Waals surface area contributed by atoms with Gasteiger partial charge in [-0.25, -0.2) is 0 Å². The van der Waals surface area contributed by atoms with Crippen LogP contribution in [0, 0.1) is 0 Å². The molecule has 0 radical (unpaired) electrons. The molecule has 2 rings (SSSR count). The number of thiophene rings is 1. The predicted octanol–water partition coefficient (Wildman–Crippen LogP) is 3.63. The minimum Gasteiger partial charge on any atom is -0.492 e. The van der Waals surface area contributed by atoms with Gasteiger partial charge < -0.3 is 10.5 Å². The van der Waals surface area contributed by atoms with Crippen LogP contribution in [0.25, 0.3) is 0 Å². The van der Waals surface area contributed by atoms with Crippen LogP contribution in [0.4, 0.5) is 0 Å². The summed E-state index contributed by atoms with van der Waals surface area (Å²) in [6, 6.07) is 10.3. The molecule has 1 aromatic carbocycles. The Kier molecular flexibility index (Phi) is 5.23. The molecule has 0 unspecified atom stereocenters. The second-order valence-corrected chi connectivity index (χ2v) is 5.87. The molecule has 1 heterocycles. The van der Waals surface area contributed by atoms with Gasteiger partial charge in [-0.15, -0.1) is 11.3 Å². The van der Waals surface area contributed by atoms with Crippen molar-refractivity contribution in [2.75, 3.05) is 13.2 Å². The van der Waals surface area contributed by atoms with E-state index in [2.05, 4.69) is 45.6 Å². The second-order valence-electron chi connectivity index (χ2n) is 3.98. The number of hydrogen-bond donors (Lipinski definition) is 1. The van der Waals surface area contributed by atoms with E-state index in [-0.39, 0.29) is 0 Å². The maximum atomic E-state index is 5.77. The van der Waals surface area contributed by atoms with Crippen LogP contribution in [0.3, 0.4) is 0 Å². The van der Waals surface area contributed by atoms with Crippen LogP contribution in [0.5, 0.6) is 5.75 Å². The SMILES string of the molecule is NCCc1ccc(OCCc2cccs2)c(Br)c1. The van der Waals surface area contributed by atoms with Gasteiger partial charge in [-0.05, 0) is 58.0 Å². The van der Waals surface area contributed by atoms with Gasteiger partial charge in [-0.3, -0.25) is 0 Å². The Morgan fingerprint density at radius 2 is 2.11 bits per heavy atom. The highest BCUT2D eigenvalue weighted by molar-refractivity contribution is 9.10. The Bertz CT molecular complexity index is 485. The normalized spacial score (nSPS) is 10.6. The smallest absolute Gasteiger partial charge is 0.133 e. The van der Waals surface area contributed by atoms with Gasteiger partial charge in [0.2, 0.25) is 0 Å². The average Bonchev–Trinajstić information content (AvgIpc) is 2.85. The summed E-state index contributed by atoms with van der Waals surface area (Å²) in [5.41, 5.74) is 6.77. The van der Waals surface area contributed by atoms with Crippen LogP contribution in [-0.2, 0) is 12.8 Å². The zero-order valence-corrected chi connectivity index (χ0v) is 12.5. The molecule has 4 heteroatoms. The van der Waals surface area contributed by atoms with Gasteiger partial charge in [0.25, 0.3) is 0 Å². The van der Waals surface area contributed by atoms with E-state index in [1.807, 2.05) is 6.07 Å². The maximum Gasteiger partial charge on any atom is 0.133 e. The highest BCUT2D eigenvalue weighted by Crippen LogP contribution is 2.26. The Morgan fingerprint density at radius 1 is 1.22 bits per heavy atom. The molecule has 1 aromatic heterocycles. The fourth-order valence-corrected chi connectivity index (χ4v) is 2.93. The fraction of sp³-hybridized carbons (Fsp3) is 0.286. The maximum absolute atomic E-state index is 5.77. The highest BCUT2D eigenvalue weighted by Gasteiger charge is 2.03. The minimum atomic E-state index is 0.672. The summed E-state index contributed by atoms with van der Waals surface area (Å²) in [4.78, 5) is 1.35. The van der Waals surface area contributed by atoms with Crippen LogP contribution >= 0.6 is 27.3 Å². The van der Waals surface area contributed by atoms with Crippen molar-refractivity contribution < 1.29 is 4.74 Å². The summed E-state index contributed by atoms with van der Waals surface area (Å²) in [7, 11) is 0. The van der Waals surface area contributed by atoms with Crippen LogP contribution in [0.2, 0.25) is 0 Å². The molecule has 0 saturated heterocycles. The Morgan fingerprint density at radius 3 is 2.78 bits per heavy atom. The van der Waals surface area contributed by atoms with Crippen molar-refractivity contribution in [2.24, 2.45) is 5.73 Å². The third-order valence-corrected chi connectivity index (χ3v) is 4.17. The van der Waals surface area contributed by atoms with Gasteiger partial charge in [-0.1, -0.05) is 12.1 Å². The van der Waals surface area contributed by atoms with Gasteiger partial charge in [0, 0.05) is 11.3 Å². The molecule has 2 aromatic rings. The van der Waals surface area contributed by atoms with Gasteiger partial charge in [0.1, 0.15) is 5.75 Å². The van der Waals surface area contributed by atoms with Crippen molar-refractivity contribution in [3.63, 3.8) is 0 Å². The molecule has 0 spiro atoms. The molecule has 0 saturated carbocycles. The van der Waals surface area contributed by atoms with Crippen molar-refractivity contribution in [2.45, 2.75) is 12.8 Å². The zero-order chi connectivity index (χ0) is 12.8. The first-order valence-corrected chi connectivity index (χ1v) is 7.60. The first-order valence-electron chi connectivity index (χ1n) is 5.93. The summed E-state index contributed by atoms with van der Waals surface area (Å²) in [5.74, 6) is 0.896. The number of benzene rings is 1. The number of hydrogen-bond acceptors (Lipinski definition) is 3. The van der Waals surface area contributed by atoms with Crippen LogP contribution < -0.4 is 10.5 Å². The molecule has 18 heavy (non-hydrogen) atoms. The molecule has 0 fully saturated rings. The standard InChI is InChI=1S/C14H16BrNOS/c15-13-10-11(5-7-16)3-4-14(13)17-8-6-12-2-1-9-18-12/h1-4,9-10H,5-8,16H2. The molecule has 0 bridgehead atoms. The van der Waals surface area contributed by atoms with E-state index in [4.69, 9.17) is 10.5 Å².